The van der Waals surface area contributed by atoms with Crippen LogP contribution in [-0.4, -0.2) is 59.3 Å². The predicted molar refractivity (Wildman–Crippen MR) is 73.7 cm³/mol. The molecule has 0 aromatic heterocycles. The molecule has 3 nitrogen and oxygen atoms in total. The number of nitrogens with zero attached hydrogens (tertiary/aromatic N) is 2. The van der Waals surface area contributed by atoms with E-state index in [1.807, 2.05) is 0 Å². The summed E-state index contributed by atoms with van der Waals surface area (Å²) in [5.41, 5.74) is -0.369. The Morgan fingerprint density at radius 2 is 1.72 bits per heavy atom. The van der Waals surface area contributed by atoms with Crippen molar-refractivity contribution in [3.05, 3.63) is 0 Å². The van der Waals surface area contributed by atoms with Gasteiger partial charge < -0.3 is 5.11 Å². The van der Waals surface area contributed by atoms with Crippen LogP contribution in [0.1, 0.15) is 51.4 Å². The third-order valence-electron chi connectivity index (χ3n) is 5.19. The molecule has 0 radical (unpaired) electrons. The second-order valence-corrected chi connectivity index (χ2v) is 6.71. The molecule has 0 bridgehead atoms. The zero-order valence-electron chi connectivity index (χ0n) is 11.6. The molecule has 0 aromatic rings. The average molecular weight is 252 g/mol. The molecule has 1 unspecified atom stereocenters. The SMILES string of the molecule is OC1(CN2CCCN3CCCC3C2)CCCCC1. The fourth-order valence-electron chi connectivity index (χ4n) is 4.21. The molecule has 0 spiro atoms. The van der Waals surface area contributed by atoms with Crippen molar-refractivity contribution in [1.82, 2.24) is 9.80 Å². The Hall–Kier alpha value is -0.120. The van der Waals surface area contributed by atoms with Gasteiger partial charge in [-0.25, -0.2) is 0 Å². The third kappa shape index (κ3) is 2.89. The molecule has 3 rings (SSSR count). The van der Waals surface area contributed by atoms with Crippen LogP contribution < -0.4 is 0 Å². The van der Waals surface area contributed by atoms with E-state index in [-0.39, 0.29) is 5.60 Å². The molecular weight excluding hydrogens is 224 g/mol. The molecule has 0 aromatic carbocycles. The van der Waals surface area contributed by atoms with Gasteiger partial charge in [0, 0.05) is 19.1 Å². The summed E-state index contributed by atoms with van der Waals surface area (Å²) in [5, 5.41) is 10.7. The second kappa shape index (κ2) is 5.48. The van der Waals surface area contributed by atoms with Gasteiger partial charge in [0.2, 0.25) is 0 Å². The van der Waals surface area contributed by atoms with Crippen LogP contribution in [0.4, 0.5) is 0 Å². The zero-order chi connectivity index (χ0) is 12.4. The summed E-state index contributed by atoms with van der Waals surface area (Å²) in [7, 11) is 0. The lowest BCUT2D eigenvalue weighted by molar-refractivity contribution is -0.0271. The quantitative estimate of drug-likeness (QED) is 0.812. The van der Waals surface area contributed by atoms with E-state index in [0.717, 1.165) is 25.4 Å². The van der Waals surface area contributed by atoms with Crippen LogP contribution in [0.3, 0.4) is 0 Å². The Labute approximate surface area is 111 Å². The molecule has 2 aliphatic heterocycles. The minimum atomic E-state index is -0.369. The van der Waals surface area contributed by atoms with Gasteiger partial charge in [-0.2, -0.15) is 0 Å². The van der Waals surface area contributed by atoms with E-state index in [9.17, 15) is 5.11 Å². The summed E-state index contributed by atoms with van der Waals surface area (Å²) in [4.78, 5) is 5.23. The average Bonchev–Trinajstić information content (AvgIpc) is 2.69. The van der Waals surface area contributed by atoms with E-state index in [1.165, 1.54) is 64.7 Å². The molecule has 1 N–H and O–H groups in total. The van der Waals surface area contributed by atoms with Gasteiger partial charge in [0.25, 0.3) is 0 Å². The van der Waals surface area contributed by atoms with Crippen LogP contribution in [0.25, 0.3) is 0 Å². The maximum atomic E-state index is 10.7. The van der Waals surface area contributed by atoms with Crippen molar-refractivity contribution in [3.63, 3.8) is 0 Å². The third-order valence-corrected chi connectivity index (χ3v) is 5.19. The van der Waals surface area contributed by atoms with Crippen molar-refractivity contribution >= 4 is 0 Å². The molecule has 104 valence electrons. The van der Waals surface area contributed by atoms with E-state index in [4.69, 9.17) is 0 Å². The van der Waals surface area contributed by atoms with Crippen LogP contribution in [0.2, 0.25) is 0 Å². The Kier molecular flexibility index (Phi) is 3.92. The van der Waals surface area contributed by atoms with Gasteiger partial charge in [-0.1, -0.05) is 19.3 Å². The molecule has 2 saturated heterocycles. The fraction of sp³-hybridized carbons (Fsp3) is 1.00. The van der Waals surface area contributed by atoms with Crippen molar-refractivity contribution < 1.29 is 5.11 Å². The molecule has 1 atom stereocenters. The lowest BCUT2D eigenvalue weighted by Crippen LogP contribution is -2.47. The van der Waals surface area contributed by atoms with E-state index in [2.05, 4.69) is 9.80 Å². The minimum Gasteiger partial charge on any atom is -0.389 e. The first-order valence-corrected chi connectivity index (χ1v) is 7.94. The van der Waals surface area contributed by atoms with Crippen LogP contribution >= 0.6 is 0 Å². The highest BCUT2D eigenvalue weighted by molar-refractivity contribution is 4.90. The van der Waals surface area contributed by atoms with Crippen molar-refractivity contribution in [2.45, 2.75) is 63.0 Å². The summed E-state index contributed by atoms with van der Waals surface area (Å²) < 4.78 is 0. The van der Waals surface area contributed by atoms with Crippen LogP contribution in [0.15, 0.2) is 0 Å². The van der Waals surface area contributed by atoms with E-state index < -0.39 is 0 Å². The molecular formula is C15H28N2O. The van der Waals surface area contributed by atoms with Crippen LogP contribution in [-0.2, 0) is 0 Å². The van der Waals surface area contributed by atoms with Gasteiger partial charge >= 0.3 is 0 Å². The Morgan fingerprint density at radius 3 is 2.56 bits per heavy atom. The number of hydrogen-bond acceptors (Lipinski definition) is 3. The highest BCUT2D eigenvalue weighted by atomic mass is 16.3. The molecule has 1 aliphatic carbocycles. The summed E-state index contributed by atoms with van der Waals surface area (Å²) in [6, 6.07) is 0.777. The number of fused-ring (bicyclic) bond motifs is 1. The van der Waals surface area contributed by atoms with Crippen LogP contribution in [0.5, 0.6) is 0 Å². The van der Waals surface area contributed by atoms with E-state index in [1.54, 1.807) is 0 Å². The van der Waals surface area contributed by atoms with Gasteiger partial charge in [0.15, 0.2) is 0 Å². The first kappa shape index (κ1) is 12.9. The van der Waals surface area contributed by atoms with Gasteiger partial charge in [-0.3, -0.25) is 9.80 Å². The van der Waals surface area contributed by atoms with Crippen molar-refractivity contribution in [2.75, 3.05) is 32.7 Å². The molecule has 3 heteroatoms. The smallest absolute Gasteiger partial charge is 0.0774 e. The van der Waals surface area contributed by atoms with Crippen molar-refractivity contribution in [2.24, 2.45) is 0 Å². The van der Waals surface area contributed by atoms with E-state index in [0.29, 0.717) is 0 Å². The number of aliphatic hydroxyl groups is 1. The predicted octanol–water partition coefficient (Wildman–Crippen LogP) is 1.85. The largest absolute Gasteiger partial charge is 0.389 e. The maximum absolute atomic E-state index is 10.7. The lowest BCUT2D eigenvalue weighted by Gasteiger charge is -2.37. The first-order chi connectivity index (χ1) is 8.75. The zero-order valence-corrected chi connectivity index (χ0v) is 11.6. The molecule has 2 heterocycles. The minimum absolute atomic E-state index is 0.369. The van der Waals surface area contributed by atoms with Crippen molar-refractivity contribution in [3.8, 4) is 0 Å². The lowest BCUT2D eigenvalue weighted by atomic mass is 9.84. The molecule has 18 heavy (non-hydrogen) atoms. The summed E-state index contributed by atoms with van der Waals surface area (Å²) >= 11 is 0. The van der Waals surface area contributed by atoms with E-state index >= 15 is 0 Å². The highest BCUT2D eigenvalue weighted by Crippen LogP contribution is 2.30. The second-order valence-electron chi connectivity index (χ2n) is 6.71. The molecule has 1 saturated carbocycles. The van der Waals surface area contributed by atoms with Gasteiger partial charge in [0.1, 0.15) is 0 Å². The summed E-state index contributed by atoms with van der Waals surface area (Å²) in [5.74, 6) is 0. The Balaban J connectivity index is 1.58. The topological polar surface area (TPSA) is 26.7 Å². The van der Waals surface area contributed by atoms with Crippen molar-refractivity contribution in [1.29, 1.82) is 0 Å². The highest BCUT2D eigenvalue weighted by Gasteiger charge is 2.34. The number of β-amino-alcohol motifs (C(OH)–C–C–N with tert-alkyl or cyclic N) is 1. The number of hydrogen-bond donors (Lipinski definition) is 1. The van der Waals surface area contributed by atoms with Gasteiger partial charge in [0.05, 0.1) is 5.60 Å². The molecule has 3 aliphatic rings. The van der Waals surface area contributed by atoms with Crippen LogP contribution in [0, 0.1) is 0 Å². The fourth-order valence-corrected chi connectivity index (χ4v) is 4.21. The normalized spacial score (nSPS) is 34.2. The number of rotatable bonds is 2. The maximum Gasteiger partial charge on any atom is 0.0774 e. The Bertz CT molecular complexity index is 276. The van der Waals surface area contributed by atoms with Gasteiger partial charge in [-0.15, -0.1) is 0 Å². The molecule has 0 amide bonds. The first-order valence-electron chi connectivity index (χ1n) is 7.94. The molecule has 3 fully saturated rings. The summed E-state index contributed by atoms with van der Waals surface area (Å²) in [6.45, 7) is 5.90. The summed E-state index contributed by atoms with van der Waals surface area (Å²) in [6.07, 6.45) is 9.85. The monoisotopic (exact) mass is 252 g/mol. The standard InChI is InChI=1S/C15H28N2O/c18-15(7-2-1-3-8-15)13-16-9-5-11-17-10-4-6-14(17)12-16/h14,18H,1-13H2. The van der Waals surface area contributed by atoms with Gasteiger partial charge in [-0.05, 0) is 51.7 Å². The Morgan fingerprint density at radius 1 is 0.944 bits per heavy atom.